The molecule has 40 heavy (non-hydrogen) atoms. The highest BCUT2D eigenvalue weighted by molar-refractivity contribution is 5.92. The van der Waals surface area contributed by atoms with Crippen LogP contribution in [0.1, 0.15) is 33.4 Å². The fourth-order valence-electron chi connectivity index (χ4n) is 4.12. The van der Waals surface area contributed by atoms with Crippen molar-refractivity contribution in [2.75, 3.05) is 78.5 Å². The highest BCUT2D eigenvalue weighted by Gasteiger charge is 2.00. The van der Waals surface area contributed by atoms with Crippen molar-refractivity contribution in [1.29, 1.82) is 0 Å². The first kappa shape index (κ1) is 31.1. The molecule has 3 rings (SSSR count). The second-order valence-corrected chi connectivity index (χ2v) is 9.69. The average molecular weight is 547 g/mol. The van der Waals surface area contributed by atoms with E-state index in [1.807, 2.05) is 38.1 Å². The molecule has 0 spiro atoms. The van der Waals surface area contributed by atoms with Gasteiger partial charge in [-0.15, -0.1) is 0 Å². The number of hydrogen-bond acceptors (Lipinski definition) is 10. The number of aryl methyl sites for hydroxylation is 2. The van der Waals surface area contributed by atoms with Crippen LogP contribution in [-0.4, -0.2) is 103 Å². The molecule has 0 saturated heterocycles. The van der Waals surface area contributed by atoms with Crippen LogP contribution in [0.2, 0.25) is 0 Å². The van der Waals surface area contributed by atoms with Gasteiger partial charge in [0.05, 0.1) is 26.2 Å². The molecule has 2 aromatic carbocycles. The van der Waals surface area contributed by atoms with Gasteiger partial charge in [-0.25, -0.2) is 0 Å². The van der Waals surface area contributed by atoms with Crippen molar-refractivity contribution in [3.63, 3.8) is 0 Å². The van der Waals surface area contributed by atoms with Gasteiger partial charge in [0.25, 0.3) is 0 Å². The van der Waals surface area contributed by atoms with Crippen molar-refractivity contribution in [3.8, 4) is 11.5 Å². The number of benzene rings is 2. The van der Waals surface area contributed by atoms with E-state index in [2.05, 4.69) is 41.2 Å². The van der Waals surface area contributed by atoms with Crippen molar-refractivity contribution in [3.05, 3.63) is 57.6 Å². The topological polar surface area (TPSA) is 144 Å². The molecule has 0 amide bonds. The standard InChI is InChI=1S/C30H44N8O2/c1-23-15-25-19-35-11-7-31-3-5-33-9-13-37-21-27-17-24(2)18-28(30(27)40)22-38-14-10-34-6-4-32-8-12-36-20-26(16-23)29(25)39/h15-22,31-34,39-40H,3-14H2,1-2H3/p-2. The van der Waals surface area contributed by atoms with Crippen LogP contribution < -0.4 is 31.5 Å². The fraction of sp³-hybridized carbons (Fsp3) is 0.467. The Morgan fingerprint density at radius 3 is 0.950 bits per heavy atom. The van der Waals surface area contributed by atoms with Gasteiger partial charge in [0.1, 0.15) is 0 Å². The molecule has 216 valence electrons. The molecular formula is C30H42N8O2-2. The van der Waals surface area contributed by atoms with E-state index in [4.69, 9.17) is 0 Å². The zero-order valence-corrected chi connectivity index (χ0v) is 23.7. The molecule has 0 radical (unpaired) electrons. The fourth-order valence-corrected chi connectivity index (χ4v) is 4.12. The molecule has 1 aliphatic heterocycles. The molecule has 0 atom stereocenters. The van der Waals surface area contributed by atoms with Gasteiger partial charge >= 0.3 is 0 Å². The van der Waals surface area contributed by atoms with Gasteiger partial charge in [0.2, 0.25) is 0 Å². The summed E-state index contributed by atoms with van der Waals surface area (Å²) >= 11 is 0. The van der Waals surface area contributed by atoms with E-state index in [-0.39, 0.29) is 11.5 Å². The first-order valence-electron chi connectivity index (χ1n) is 14.0. The van der Waals surface area contributed by atoms with E-state index < -0.39 is 0 Å². The van der Waals surface area contributed by atoms with Gasteiger partial charge in [-0.3, -0.25) is 20.0 Å². The molecule has 0 aromatic heterocycles. The van der Waals surface area contributed by atoms with Crippen LogP contribution in [-0.2, 0) is 0 Å². The third-order valence-electron chi connectivity index (χ3n) is 6.13. The summed E-state index contributed by atoms with van der Waals surface area (Å²) in [6, 6.07) is 7.45. The number of nitrogens with zero attached hydrogens (tertiary/aromatic N) is 4. The molecule has 1 aliphatic rings. The van der Waals surface area contributed by atoms with Gasteiger partial charge in [-0.2, -0.15) is 0 Å². The molecule has 0 saturated carbocycles. The molecule has 0 unspecified atom stereocenters. The SMILES string of the molecule is Cc1cc2c([O-])c(c1)C=NCCNCCNCCN=Cc1cc(C)cc(c1[O-])C=NCCNCCNCCN=C2. The van der Waals surface area contributed by atoms with Crippen LogP contribution in [0.5, 0.6) is 11.5 Å². The van der Waals surface area contributed by atoms with E-state index in [9.17, 15) is 10.2 Å². The van der Waals surface area contributed by atoms with Crippen molar-refractivity contribution >= 4 is 24.9 Å². The van der Waals surface area contributed by atoms with Crippen LogP contribution in [0, 0.1) is 13.8 Å². The minimum atomic E-state index is -0.0498. The predicted octanol–water partition coefficient (Wildman–Crippen LogP) is 0.198. The lowest BCUT2D eigenvalue weighted by Crippen LogP contribution is -2.30. The maximum absolute atomic E-state index is 12.8. The molecule has 10 heteroatoms. The molecule has 4 bridgehead atoms. The normalized spacial score (nSPS) is 17.4. The Balaban J connectivity index is 1.56. The average Bonchev–Trinajstić information content (AvgIpc) is 2.93. The third kappa shape index (κ3) is 11.4. The van der Waals surface area contributed by atoms with Gasteiger partial charge in [-0.05, 0) is 47.2 Å². The number of hydrogen-bond donors (Lipinski definition) is 4. The highest BCUT2D eigenvalue weighted by atomic mass is 16.3. The van der Waals surface area contributed by atoms with E-state index in [1.54, 1.807) is 24.9 Å². The lowest BCUT2D eigenvalue weighted by atomic mass is 10.1. The summed E-state index contributed by atoms with van der Waals surface area (Å²) in [7, 11) is 0. The summed E-state index contributed by atoms with van der Waals surface area (Å²) < 4.78 is 0. The maximum Gasteiger partial charge on any atom is 0.0514 e. The summed E-state index contributed by atoms with van der Waals surface area (Å²) in [4.78, 5) is 17.7. The summed E-state index contributed by atoms with van der Waals surface area (Å²) in [5.74, 6) is -0.0996. The van der Waals surface area contributed by atoms with Gasteiger partial charge < -0.3 is 31.5 Å². The Hall–Kier alpha value is -3.44. The Morgan fingerprint density at radius 2 is 0.700 bits per heavy atom. The van der Waals surface area contributed by atoms with E-state index in [1.165, 1.54) is 0 Å². The minimum Gasteiger partial charge on any atom is -0.872 e. The zero-order valence-electron chi connectivity index (χ0n) is 23.7. The summed E-state index contributed by atoms with van der Waals surface area (Å²) in [5.41, 5.74) is 4.36. The Bertz CT molecular complexity index is 1000. The van der Waals surface area contributed by atoms with Gasteiger partial charge in [-0.1, -0.05) is 35.8 Å². The highest BCUT2D eigenvalue weighted by Crippen LogP contribution is 2.20. The van der Waals surface area contributed by atoms with E-state index in [0.717, 1.165) is 63.5 Å². The van der Waals surface area contributed by atoms with E-state index >= 15 is 0 Å². The lowest BCUT2D eigenvalue weighted by Gasteiger charge is -2.15. The quantitative estimate of drug-likeness (QED) is 0.372. The van der Waals surface area contributed by atoms with Crippen LogP contribution >= 0.6 is 0 Å². The number of aliphatic imine (C=N–C) groups is 4. The van der Waals surface area contributed by atoms with E-state index in [0.29, 0.717) is 48.4 Å². The molecule has 2 aromatic rings. The molecular weight excluding hydrogens is 504 g/mol. The second kappa shape index (κ2) is 18.0. The lowest BCUT2D eigenvalue weighted by molar-refractivity contribution is -0.269. The van der Waals surface area contributed by atoms with Crippen LogP contribution in [0.4, 0.5) is 0 Å². The minimum absolute atomic E-state index is 0.0498. The first-order valence-corrected chi connectivity index (χ1v) is 14.0. The summed E-state index contributed by atoms with van der Waals surface area (Å²) in [6.07, 6.45) is 6.64. The third-order valence-corrected chi connectivity index (χ3v) is 6.13. The monoisotopic (exact) mass is 546 g/mol. The first-order chi connectivity index (χ1) is 19.5. The summed E-state index contributed by atoms with van der Waals surface area (Å²) in [6.45, 7) is 12.4. The van der Waals surface area contributed by atoms with Crippen LogP contribution in [0.25, 0.3) is 0 Å². The number of fused-ring (bicyclic) bond motifs is 4. The summed E-state index contributed by atoms with van der Waals surface area (Å²) in [5, 5.41) is 38.9. The largest absolute Gasteiger partial charge is 0.872 e. The number of rotatable bonds is 0. The Morgan fingerprint density at radius 1 is 0.450 bits per heavy atom. The second-order valence-electron chi connectivity index (χ2n) is 9.69. The molecule has 1 heterocycles. The van der Waals surface area contributed by atoms with Crippen molar-refractivity contribution in [2.24, 2.45) is 20.0 Å². The van der Waals surface area contributed by atoms with Crippen molar-refractivity contribution < 1.29 is 10.2 Å². The van der Waals surface area contributed by atoms with Crippen LogP contribution in [0.3, 0.4) is 0 Å². The van der Waals surface area contributed by atoms with Crippen molar-refractivity contribution in [2.45, 2.75) is 13.8 Å². The van der Waals surface area contributed by atoms with Crippen LogP contribution in [0.15, 0.2) is 44.2 Å². The molecule has 10 nitrogen and oxygen atoms in total. The van der Waals surface area contributed by atoms with Gasteiger partial charge in [0, 0.05) is 77.2 Å². The predicted molar refractivity (Wildman–Crippen MR) is 163 cm³/mol. The molecule has 0 aliphatic carbocycles. The molecule has 4 N–H and O–H groups in total. The molecule has 0 fully saturated rings. The van der Waals surface area contributed by atoms with Crippen molar-refractivity contribution in [1.82, 2.24) is 21.3 Å². The Kier molecular flexibility index (Phi) is 14.0. The Labute approximate surface area is 237 Å². The number of nitrogens with one attached hydrogen (secondary N) is 4. The zero-order chi connectivity index (χ0) is 28.4. The maximum atomic E-state index is 12.8. The smallest absolute Gasteiger partial charge is 0.0514 e. The van der Waals surface area contributed by atoms with Gasteiger partial charge in [0.15, 0.2) is 0 Å².